The summed E-state index contributed by atoms with van der Waals surface area (Å²) in [6.45, 7) is 6.76. The lowest BCUT2D eigenvalue weighted by Gasteiger charge is -2.21. The summed E-state index contributed by atoms with van der Waals surface area (Å²) < 4.78 is 7.17. The molecule has 0 unspecified atom stereocenters. The van der Waals surface area contributed by atoms with Crippen LogP contribution in [0.3, 0.4) is 0 Å². The fourth-order valence-electron chi connectivity index (χ4n) is 3.61. The van der Waals surface area contributed by atoms with E-state index in [9.17, 15) is 14.7 Å². The standard InChI is InChI=1S/C22H28N4O4S/c1-4-7-12-25-21(29)19(20(28)23-22(25)31)16-13-17(26(24-16)18(27)5-2)14-8-10-15(11-9-14)30-6-3/h8-11,17,29H,4-7,12-13H2,1-3H3,(H,23,28,31)/t17-/m0/s1. The first-order chi connectivity index (χ1) is 14.9. The van der Waals surface area contributed by atoms with Crippen molar-refractivity contribution in [3.8, 4) is 11.6 Å². The van der Waals surface area contributed by atoms with Crippen LogP contribution < -0.4 is 10.3 Å². The number of benzene rings is 1. The topological polar surface area (TPSA) is 99.9 Å². The third kappa shape index (κ3) is 4.71. The summed E-state index contributed by atoms with van der Waals surface area (Å²) in [5.74, 6) is 0.367. The van der Waals surface area contributed by atoms with Gasteiger partial charge in [-0.25, -0.2) is 5.01 Å². The Morgan fingerprint density at radius 1 is 1.29 bits per heavy atom. The van der Waals surface area contributed by atoms with Gasteiger partial charge in [0.05, 0.1) is 18.4 Å². The van der Waals surface area contributed by atoms with Crippen LogP contribution in [-0.2, 0) is 11.3 Å². The molecule has 0 saturated heterocycles. The van der Waals surface area contributed by atoms with Gasteiger partial charge in [0.2, 0.25) is 11.8 Å². The van der Waals surface area contributed by atoms with Crippen molar-refractivity contribution in [2.75, 3.05) is 6.61 Å². The van der Waals surface area contributed by atoms with Crippen LogP contribution in [0.4, 0.5) is 0 Å². The summed E-state index contributed by atoms with van der Waals surface area (Å²) >= 11 is 5.22. The number of unbranched alkanes of at least 4 members (excludes halogenated alkanes) is 1. The van der Waals surface area contributed by atoms with Crippen molar-refractivity contribution in [2.24, 2.45) is 5.10 Å². The van der Waals surface area contributed by atoms with Gasteiger partial charge >= 0.3 is 0 Å². The maximum atomic E-state index is 12.7. The Labute approximate surface area is 186 Å². The molecule has 2 N–H and O–H groups in total. The highest BCUT2D eigenvalue weighted by Gasteiger charge is 2.35. The number of aromatic hydroxyl groups is 1. The molecule has 1 atom stereocenters. The van der Waals surface area contributed by atoms with E-state index in [1.54, 1.807) is 6.92 Å². The maximum absolute atomic E-state index is 12.7. The number of carbonyl (C=O) groups excluding carboxylic acids is 1. The van der Waals surface area contributed by atoms with Crippen LogP contribution in [-0.4, -0.2) is 37.9 Å². The van der Waals surface area contributed by atoms with E-state index in [4.69, 9.17) is 17.0 Å². The molecule has 31 heavy (non-hydrogen) atoms. The molecule has 1 aromatic carbocycles. The summed E-state index contributed by atoms with van der Waals surface area (Å²) in [5, 5.41) is 16.7. The molecule has 1 amide bonds. The highest BCUT2D eigenvalue weighted by molar-refractivity contribution is 7.71. The van der Waals surface area contributed by atoms with Gasteiger partial charge in [0.25, 0.3) is 5.56 Å². The van der Waals surface area contributed by atoms with E-state index in [1.165, 1.54) is 9.58 Å². The van der Waals surface area contributed by atoms with Gasteiger partial charge < -0.3 is 9.84 Å². The molecule has 0 radical (unpaired) electrons. The maximum Gasteiger partial charge on any atom is 0.264 e. The predicted molar refractivity (Wildman–Crippen MR) is 121 cm³/mol. The number of hydrogen-bond acceptors (Lipinski definition) is 6. The molecular formula is C22H28N4O4S. The molecule has 0 bridgehead atoms. The monoisotopic (exact) mass is 444 g/mol. The van der Waals surface area contributed by atoms with Crippen molar-refractivity contribution in [1.29, 1.82) is 0 Å². The van der Waals surface area contributed by atoms with Crippen LogP contribution >= 0.6 is 12.2 Å². The minimum Gasteiger partial charge on any atom is -0.494 e. The Morgan fingerprint density at radius 3 is 2.61 bits per heavy atom. The lowest BCUT2D eigenvalue weighted by atomic mass is 9.99. The number of nitrogens with one attached hydrogen (secondary N) is 1. The van der Waals surface area contributed by atoms with Crippen molar-refractivity contribution < 1.29 is 14.6 Å². The number of hydrogen-bond donors (Lipinski definition) is 2. The zero-order valence-corrected chi connectivity index (χ0v) is 18.9. The van der Waals surface area contributed by atoms with Gasteiger partial charge in [-0.2, -0.15) is 5.10 Å². The van der Waals surface area contributed by atoms with Crippen LogP contribution in [0.2, 0.25) is 0 Å². The van der Waals surface area contributed by atoms with Crippen molar-refractivity contribution in [3.05, 3.63) is 50.5 Å². The van der Waals surface area contributed by atoms with Crippen molar-refractivity contribution in [3.63, 3.8) is 0 Å². The molecule has 1 aliphatic rings. The van der Waals surface area contributed by atoms with Crippen LogP contribution in [0.1, 0.15) is 63.6 Å². The third-order valence-electron chi connectivity index (χ3n) is 5.24. The number of hydrazone groups is 1. The van der Waals surface area contributed by atoms with Gasteiger partial charge in [0.1, 0.15) is 11.3 Å². The van der Waals surface area contributed by atoms with Crippen LogP contribution in [0.5, 0.6) is 11.6 Å². The quantitative estimate of drug-likeness (QED) is 0.602. The SMILES string of the molecule is CCCCn1c(O)c(C2=NN(C(=O)CC)[C@H](c3ccc(OCC)cc3)C2)c(=O)[nH]c1=S. The van der Waals surface area contributed by atoms with E-state index < -0.39 is 5.56 Å². The highest BCUT2D eigenvalue weighted by Crippen LogP contribution is 2.35. The molecule has 3 rings (SSSR count). The first kappa shape index (κ1) is 22.7. The third-order valence-corrected chi connectivity index (χ3v) is 5.56. The zero-order chi connectivity index (χ0) is 22.5. The molecule has 9 heteroatoms. The van der Waals surface area contributed by atoms with E-state index in [2.05, 4.69) is 10.1 Å². The zero-order valence-electron chi connectivity index (χ0n) is 18.1. The summed E-state index contributed by atoms with van der Waals surface area (Å²) in [6.07, 6.45) is 2.29. The lowest BCUT2D eigenvalue weighted by molar-refractivity contribution is -0.132. The van der Waals surface area contributed by atoms with Crippen LogP contribution in [0.15, 0.2) is 34.2 Å². The molecule has 1 aromatic heterocycles. The van der Waals surface area contributed by atoms with Gasteiger partial charge in [0, 0.05) is 19.4 Å². The molecule has 0 saturated carbocycles. The van der Waals surface area contributed by atoms with E-state index in [1.807, 2.05) is 38.1 Å². The molecule has 0 spiro atoms. The number of carbonyl (C=O) groups is 1. The molecule has 2 heterocycles. The minimum atomic E-state index is -0.509. The summed E-state index contributed by atoms with van der Waals surface area (Å²) in [4.78, 5) is 27.9. The normalized spacial score (nSPS) is 15.8. The highest BCUT2D eigenvalue weighted by atomic mass is 32.1. The number of rotatable bonds is 8. The Bertz CT molecular complexity index is 1090. The minimum absolute atomic E-state index is 0.0621. The Balaban J connectivity index is 2.02. The van der Waals surface area contributed by atoms with E-state index in [0.717, 1.165) is 24.2 Å². The van der Waals surface area contributed by atoms with Gasteiger partial charge in [0.15, 0.2) is 4.77 Å². The largest absolute Gasteiger partial charge is 0.494 e. The van der Waals surface area contributed by atoms with E-state index >= 15 is 0 Å². The number of amides is 1. The smallest absolute Gasteiger partial charge is 0.264 e. The van der Waals surface area contributed by atoms with Crippen molar-refractivity contribution in [2.45, 2.75) is 59.0 Å². The first-order valence-corrected chi connectivity index (χ1v) is 11.0. The average Bonchev–Trinajstić information content (AvgIpc) is 3.18. The Hall–Kier alpha value is -2.94. The second kappa shape index (κ2) is 9.91. The van der Waals surface area contributed by atoms with Crippen molar-refractivity contribution >= 4 is 23.8 Å². The van der Waals surface area contributed by atoms with Gasteiger partial charge in [-0.1, -0.05) is 32.4 Å². The summed E-state index contributed by atoms with van der Waals surface area (Å²) in [7, 11) is 0. The second-order valence-corrected chi connectivity index (χ2v) is 7.71. The number of H-pyrrole nitrogens is 1. The molecule has 0 aliphatic carbocycles. The fourth-order valence-corrected chi connectivity index (χ4v) is 3.88. The Morgan fingerprint density at radius 2 is 2.00 bits per heavy atom. The molecule has 0 fully saturated rings. The molecule has 2 aromatic rings. The fraction of sp³-hybridized carbons (Fsp3) is 0.455. The number of aromatic nitrogens is 2. The second-order valence-electron chi connectivity index (χ2n) is 7.32. The van der Waals surface area contributed by atoms with Crippen LogP contribution in [0.25, 0.3) is 0 Å². The van der Waals surface area contributed by atoms with Crippen molar-refractivity contribution in [1.82, 2.24) is 14.6 Å². The van der Waals surface area contributed by atoms with Gasteiger partial charge in [-0.3, -0.25) is 19.1 Å². The predicted octanol–water partition coefficient (Wildman–Crippen LogP) is 3.90. The molecule has 1 aliphatic heterocycles. The first-order valence-electron chi connectivity index (χ1n) is 10.6. The lowest BCUT2D eigenvalue weighted by Crippen LogP contribution is -2.26. The number of nitrogens with zero attached hydrogens (tertiary/aromatic N) is 3. The van der Waals surface area contributed by atoms with Gasteiger partial charge in [-0.15, -0.1) is 0 Å². The average molecular weight is 445 g/mol. The van der Waals surface area contributed by atoms with E-state index in [-0.39, 0.29) is 34.6 Å². The van der Waals surface area contributed by atoms with E-state index in [0.29, 0.717) is 25.3 Å². The molecule has 166 valence electrons. The van der Waals surface area contributed by atoms with Crippen LogP contribution in [0, 0.1) is 4.77 Å². The molecular weight excluding hydrogens is 416 g/mol. The van der Waals surface area contributed by atoms with Gasteiger partial charge in [-0.05, 0) is 43.3 Å². The summed E-state index contributed by atoms with van der Waals surface area (Å²) in [6, 6.07) is 7.11. The number of aromatic amines is 1. The number of ether oxygens (including phenoxy) is 1. The summed E-state index contributed by atoms with van der Waals surface area (Å²) in [5.41, 5.74) is 0.788. The molecule has 8 nitrogen and oxygen atoms in total. The Kier molecular flexibility index (Phi) is 7.27.